The van der Waals surface area contributed by atoms with Gasteiger partial charge in [0.25, 0.3) is 0 Å². The maximum absolute atomic E-state index is 13.3. The van der Waals surface area contributed by atoms with Gasteiger partial charge in [-0.25, -0.2) is 4.39 Å². The molecular formula is C13H9FO2. The van der Waals surface area contributed by atoms with E-state index in [1.54, 1.807) is 36.4 Å². The van der Waals surface area contributed by atoms with E-state index in [-0.39, 0.29) is 5.75 Å². The Kier molecular flexibility index (Phi) is 2.96. The predicted molar refractivity (Wildman–Crippen MR) is 58.3 cm³/mol. The molecule has 0 atom stereocenters. The first-order chi connectivity index (χ1) is 7.79. The summed E-state index contributed by atoms with van der Waals surface area (Å²) < 4.78 is 18.6. The van der Waals surface area contributed by atoms with Gasteiger partial charge in [0.15, 0.2) is 11.6 Å². The van der Waals surface area contributed by atoms with E-state index in [9.17, 15) is 9.18 Å². The van der Waals surface area contributed by atoms with Crippen LogP contribution in [0.4, 0.5) is 4.39 Å². The molecule has 0 saturated carbocycles. The molecule has 3 heteroatoms. The molecule has 2 aromatic carbocycles. The normalized spacial score (nSPS) is 9.81. The fourth-order valence-electron chi connectivity index (χ4n) is 1.31. The van der Waals surface area contributed by atoms with E-state index < -0.39 is 5.82 Å². The van der Waals surface area contributed by atoms with Crippen molar-refractivity contribution in [3.05, 3.63) is 59.9 Å². The fourth-order valence-corrected chi connectivity index (χ4v) is 1.31. The number of carbonyl (C=O) groups is 1. The smallest absolute Gasteiger partial charge is 0.165 e. The van der Waals surface area contributed by atoms with Crippen molar-refractivity contribution in [2.45, 2.75) is 0 Å². The molecule has 0 aliphatic heterocycles. The number of halogens is 1. The Morgan fingerprint density at radius 1 is 1.06 bits per heavy atom. The number of carbonyl (C=O) groups excluding carboxylic acids is 1. The van der Waals surface area contributed by atoms with Gasteiger partial charge >= 0.3 is 0 Å². The maximum Gasteiger partial charge on any atom is 0.165 e. The van der Waals surface area contributed by atoms with E-state index in [1.165, 1.54) is 12.1 Å². The van der Waals surface area contributed by atoms with Gasteiger partial charge in [0.05, 0.1) is 0 Å². The van der Waals surface area contributed by atoms with Crippen molar-refractivity contribution >= 4 is 6.29 Å². The Morgan fingerprint density at radius 3 is 2.62 bits per heavy atom. The van der Waals surface area contributed by atoms with Crippen LogP contribution in [0.5, 0.6) is 11.5 Å². The lowest BCUT2D eigenvalue weighted by molar-refractivity contribution is 0.112. The highest BCUT2D eigenvalue weighted by molar-refractivity contribution is 5.75. The Balaban J connectivity index is 2.27. The minimum Gasteiger partial charge on any atom is -0.454 e. The van der Waals surface area contributed by atoms with Crippen molar-refractivity contribution in [3.8, 4) is 11.5 Å². The number of benzene rings is 2. The van der Waals surface area contributed by atoms with Crippen LogP contribution in [0.15, 0.2) is 48.5 Å². The van der Waals surface area contributed by atoms with Crippen molar-refractivity contribution in [2.24, 2.45) is 0 Å². The standard InChI is InChI=1S/C13H9FO2/c14-12-6-1-2-7-13(12)16-11-5-3-4-10(8-11)9-15/h1-9H. The monoisotopic (exact) mass is 216 g/mol. The molecule has 2 nitrogen and oxygen atoms in total. The van der Waals surface area contributed by atoms with Gasteiger partial charge in [-0.3, -0.25) is 4.79 Å². The summed E-state index contributed by atoms with van der Waals surface area (Å²) in [6.07, 6.45) is 0.716. The van der Waals surface area contributed by atoms with Gasteiger partial charge < -0.3 is 4.74 Å². The summed E-state index contributed by atoms with van der Waals surface area (Å²) in [5, 5.41) is 0. The van der Waals surface area contributed by atoms with Gasteiger partial charge in [-0.05, 0) is 24.3 Å². The number of hydrogen-bond donors (Lipinski definition) is 0. The molecule has 0 aliphatic carbocycles. The molecule has 16 heavy (non-hydrogen) atoms. The molecule has 0 amide bonds. The zero-order chi connectivity index (χ0) is 11.4. The Morgan fingerprint density at radius 2 is 1.88 bits per heavy atom. The second-order valence-corrected chi connectivity index (χ2v) is 3.22. The van der Waals surface area contributed by atoms with Crippen molar-refractivity contribution in [1.29, 1.82) is 0 Å². The highest BCUT2D eigenvalue weighted by Crippen LogP contribution is 2.24. The van der Waals surface area contributed by atoms with Gasteiger partial charge in [0, 0.05) is 5.56 Å². The Bertz CT molecular complexity index is 509. The van der Waals surface area contributed by atoms with Gasteiger partial charge in [-0.1, -0.05) is 24.3 Å². The van der Waals surface area contributed by atoms with Gasteiger partial charge in [-0.2, -0.15) is 0 Å². The highest BCUT2D eigenvalue weighted by atomic mass is 19.1. The SMILES string of the molecule is O=Cc1cccc(Oc2ccccc2F)c1. The summed E-state index contributed by atoms with van der Waals surface area (Å²) >= 11 is 0. The van der Waals surface area contributed by atoms with Crippen LogP contribution in [-0.2, 0) is 0 Å². The summed E-state index contributed by atoms with van der Waals surface area (Å²) in [5.41, 5.74) is 0.494. The van der Waals surface area contributed by atoms with Crippen LogP contribution < -0.4 is 4.74 Å². The first-order valence-electron chi connectivity index (χ1n) is 4.77. The molecule has 0 radical (unpaired) electrons. The van der Waals surface area contributed by atoms with Crippen molar-refractivity contribution in [1.82, 2.24) is 0 Å². The van der Waals surface area contributed by atoms with Crippen molar-refractivity contribution < 1.29 is 13.9 Å². The predicted octanol–water partition coefficient (Wildman–Crippen LogP) is 3.43. The van der Waals surface area contributed by atoms with Crippen LogP contribution in [0.2, 0.25) is 0 Å². The molecule has 0 aromatic heterocycles. The highest BCUT2D eigenvalue weighted by Gasteiger charge is 2.03. The summed E-state index contributed by atoms with van der Waals surface area (Å²) in [4.78, 5) is 10.5. The average molecular weight is 216 g/mol. The third-order valence-corrected chi connectivity index (χ3v) is 2.06. The molecule has 0 heterocycles. The second kappa shape index (κ2) is 4.57. The van der Waals surface area contributed by atoms with Crippen LogP contribution in [-0.4, -0.2) is 6.29 Å². The van der Waals surface area contributed by atoms with Crippen LogP contribution in [0.1, 0.15) is 10.4 Å². The third-order valence-electron chi connectivity index (χ3n) is 2.06. The zero-order valence-corrected chi connectivity index (χ0v) is 8.39. The van der Waals surface area contributed by atoms with Gasteiger partial charge in [0.1, 0.15) is 12.0 Å². The van der Waals surface area contributed by atoms with Gasteiger partial charge in [0.2, 0.25) is 0 Å². The van der Waals surface area contributed by atoms with E-state index >= 15 is 0 Å². The molecular weight excluding hydrogens is 207 g/mol. The van der Waals surface area contributed by atoms with Crippen LogP contribution in [0.25, 0.3) is 0 Å². The number of aldehydes is 1. The van der Waals surface area contributed by atoms with E-state index in [2.05, 4.69) is 0 Å². The Labute approximate surface area is 92.3 Å². The minimum absolute atomic E-state index is 0.144. The second-order valence-electron chi connectivity index (χ2n) is 3.22. The molecule has 80 valence electrons. The fraction of sp³-hybridized carbons (Fsp3) is 0. The number of para-hydroxylation sites is 1. The lowest BCUT2D eigenvalue weighted by Gasteiger charge is -2.06. The van der Waals surface area contributed by atoms with Crippen molar-refractivity contribution in [3.63, 3.8) is 0 Å². The molecule has 0 N–H and O–H groups in total. The zero-order valence-electron chi connectivity index (χ0n) is 8.39. The summed E-state index contributed by atoms with van der Waals surface area (Å²) in [5.74, 6) is 0.152. The molecule has 0 unspecified atom stereocenters. The molecule has 0 bridgehead atoms. The average Bonchev–Trinajstić information content (AvgIpc) is 2.32. The van der Waals surface area contributed by atoms with Crippen molar-refractivity contribution in [2.75, 3.05) is 0 Å². The van der Waals surface area contributed by atoms with E-state index in [0.717, 1.165) is 0 Å². The van der Waals surface area contributed by atoms with E-state index in [1.807, 2.05) is 0 Å². The molecule has 2 rings (SSSR count). The first kappa shape index (κ1) is 10.4. The summed E-state index contributed by atoms with van der Waals surface area (Å²) in [6.45, 7) is 0. The lowest BCUT2D eigenvalue weighted by Crippen LogP contribution is -1.88. The van der Waals surface area contributed by atoms with E-state index in [0.29, 0.717) is 17.6 Å². The molecule has 0 saturated heterocycles. The maximum atomic E-state index is 13.3. The first-order valence-corrected chi connectivity index (χ1v) is 4.77. The Hall–Kier alpha value is -2.16. The number of hydrogen-bond acceptors (Lipinski definition) is 2. The quantitative estimate of drug-likeness (QED) is 0.734. The van der Waals surface area contributed by atoms with Crippen LogP contribution in [0.3, 0.4) is 0 Å². The largest absolute Gasteiger partial charge is 0.454 e. The molecule has 2 aromatic rings. The lowest BCUT2D eigenvalue weighted by atomic mass is 10.2. The van der Waals surface area contributed by atoms with Crippen LogP contribution in [0, 0.1) is 5.82 Å². The summed E-state index contributed by atoms with van der Waals surface area (Å²) in [7, 11) is 0. The van der Waals surface area contributed by atoms with E-state index in [4.69, 9.17) is 4.74 Å². The van der Waals surface area contributed by atoms with Gasteiger partial charge in [-0.15, -0.1) is 0 Å². The topological polar surface area (TPSA) is 26.3 Å². The number of rotatable bonds is 3. The number of ether oxygens (including phenoxy) is 1. The molecule has 0 aliphatic rings. The minimum atomic E-state index is -0.431. The molecule has 0 spiro atoms. The summed E-state index contributed by atoms with van der Waals surface area (Å²) in [6, 6.07) is 12.7. The third kappa shape index (κ3) is 2.25. The van der Waals surface area contributed by atoms with Crippen LogP contribution >= 0.6 is 0 Å². The molecule has 0 fully saturated rings.